The lowest BCUT2D eigenvalue weighted by Crippen LogP contribution is -2.34. The van der Waals surface area contributed by atoms with Crippen LogP contribution in [-0.4, -0.2) is 23.3 Å². The zero-order valence-electron chi connectivity index (χ0n) is 15.1. The van der Waals surface area contributed by atoms with Gasteiger partial charge >= 0.3 is 0 Å². The van der Waals surface area contributed by atoms with Crippen molar-refractivity contribution in [3.63, 3.8) is 0 Å². The fourth-order valence-corrected chi connectivity index (χ4v) is 4.02. The van der Waals surface area contributed by atoms with Crippen LogP contribution in [-0.2, 0) is 4.79 Å². The van der Waals surface area contributed by atoms with Gasteiger partial charge in [-0.05, 0) is 36.4 Å². The van der Waals surface area contributed by atoms with Crippen LogP contribution in [0, 0.1) is 11.6 Å². The van der Waals surface area contributed by atoms with Crippen LogP contribution in [0.1, 0.15) is 16.8 Å². The monoisotopic (exact) mass is 411 g/mol. The molecule has 0 radical (unpaired) electrons. The van der Waals surface area contributed by atoms with E-state index in [1.54, 1.807) is 30.5 Å². The van der Waals surface area contributed by atoms with Gasteiger partial charge in [-0.25, -0.2) is 13.8 Å². The Balaban J connectivity index is 1.56. The van der Waals surface area contributed by atoms with Crippen LogP contribution in [0.5, 0.6) is 0 Å². The number of fused-ring (bicyclic) bond motifs is 2. The average Bonchev–Trinajstić information content (AvgIpc) is 2.83. The third kappa shape index (κ3) is 3.97. The molecule has 0 saturated carbocycles. The predicted molar refractivity (Wildman–Crippen MR) is 106 cm³/mol. The number of pyridine rings is 1. The van der Waals surface area contributed by atoms with Crippen LogP contribution in [0.4, 0.5) is 20.2 Å². The van der Waals surface area contributed by atoms with Crippen LogP contribution >= 0.6 is 11.8 Å². The minimum atomic E-state index is -0.731. The Morgan fingerprint density at radius 2 is 1.93 bits per heavy atom. The van der Waals surface area contributed by atoms with E-state index in [4.69, 9.17) is 0 Å². The highest BCUT2D eigenvalue weighted by molar-refractivity contribution is 7.99. The van der Waals surface area contributed by atoms with E-state index in [1.807, 2.05) is 12.1 Å². The SMILES string of the molecule is O=C(CCN1C(=O)c2ccccc2Sc2ncccc21)Nc1cc(F)ccc1F. The molecule has 1 aromatic heterocycles. The molecular formula is C21H15F2N3O2S. The number of rotatable bonds is 4. The van der Waals surface area contributed by atoms with Crippen LogP contribution in [0.3, 0.4) is 0 Å². The summed E-state index contributed by atoms with van der Waals surface area (Å²) in [7, 11) is 0. The van der Waals surface area contributed by atoms with Crippen LogP contribution in [0.25, 0.3) is 0 Å². The van der Waals surface area contributed by atoms with E-state index in [1.165, 1.54) is 16.7 Å². The van der Waals surface area contributed by atoms with Crippen molar-refractivity contribution in [3.8, 4) is 0 Å². The van der Waals surface area contributed by atoms with Crippen molar-refractivity contribution in [3.05, 3.63) is 78.0 Å². The Morgan fingerprint density at radius 3 is 2.79 bits per heavy atom. The Labute approximate surface area is 169 Å². The second-order valence-electron chi connectivity index (χ2n) is 6.31. The van der Waals surface area contributed by atoms with Gasteiger partial charge in [0.05, 0.1) is 16.9 Å². The first-order chi connectivity index (χ1) is 14.0. The first kappa shape index (κ1) is 19.1. The molecule has 0 aliphatic carbocycles. The highest BCUT2D eigenvalue weighted by Gasteiger charge is 2.28. The molecule has 1 N–H and O–H groups in total. The summed E-state index contributed by atoms with van der Waals surface area (Å²) in [6.07, 6.45) is 1.55. The molecule has 146 valence electrons. The number of carbonyl (C=O) groups is 2. The van der Waals surface area contributed by atoms with Gasteiger partial charge < -0.3 is 10.2 Å². The summed E-state index contributed by atoms with van der Waals surface area (Å²) >= 11 is 1.39. The summed E-state index contributed by atoms with van der Waals surface area (Å²) < 4.78 is 27.0. The molecule has 0 unspecified atom stereocenters. The lowest BCUT2D eigenvalue weighted by Gasteiger charge is -2.22. The van der Waals surface area contributed by atoms with Gasteiger partial charge in [-0.1, -0.05) is 23.9 Å². The number of hydrogen-bond acceptors (Lipinski definition) is 4. The van der Waals surface area contributed by atoms with Crippen LogP contribution in [0.15, 0.2) is 70.7 Å². The van der Waals surface area contributed by atoms with Gasteiger partial charge in [0.15, 0.2) is 0 Å². The number of anilines is 2. The molecule has 0 saturated heterocycles. The van der Waals surface area contributed by atoms with E-state index in [9.17, 15) is 18.4 Å². The molecule has 1 aliphatic rings. The van der Waals surface area contributed by atoms with E-state index in [2.05, 4.69) is 10.3 Å². The standard InChI is InChI=1S/C21H15F2N3O2S/c22-13-7-8-15(23)16(12-13)25-19(27)9-11-26-17-5-3-10-24-20(17)29-18-6-2-1-4-14(18)21(26)28/h1-8,10,12H,9,11H2,(H,25,27). The fraction of sp³-hybridized carbons (Fsp3) is 0.0952. The van der Waals surface area contributed by atoms with Crippen LogP contribution < -0.4 is 10.2 Å². The molecule has 8 heteroatoms. The summed E-state index contributed by atoms with van der Waals surface area (Å²) in [6.45, 7) is 0.0647. The van der Waals surface area contributed by atoms with E-state index in [0.29, 0.717) is 16.3 Å². The molecule has 0 bridgehead atoms. The molecular weight excluding hydrogens is 396 g/mol. The number of amides is 2. The topological polar surface area (TPSA) is 62.3 Å². The van der Waals surface area contributed by atoms with Crippen molar-refractivity contribution in [2.24, 2.45) is 0 Å². The lowest BCUT2D eigenvalue weighted by atomic mass is 10.1. The average molecular weight is 411 g/mol. The minimum Gasteiger partial charge on any atom is -0.323 e. The van der Waals surface area contributed by atoms with E-state index >= 15 is 0 Å². The molecule has 0 fully saturated rings. The highest BCUT2D eigenvalue weighted by atomic mass is 32.2. The van der Waals surface area contributed by atoms with Crippen molar-refractivity contribution >= 4 is 35.0 Å². The third-order valence-corrected chi connectivity index (χ3v) is 5.46. The van der Waals surface area contributed by atoms with Gasteiger partial charge in [-0.3, -0.25) is 9.59 Å². The van der Waals surface area contributed by atoms with Crippen molar-refractivity contribution in [1.82, 2.24) is 4.98 Å². The molecule has 5 nitrogen and oxygen atoms in total. The number of benzene rings is 2. The first-order valence-corrected chi connectivity index (χ1v) is 9.63. The molecule has 0 spiro atoms. The van der Waals surface area contributed by atoms with E-state index in [0.717, 1.165) is 23.1 Å². The van der Waals surface area contributed by atoms with Crippen molar-refractivity contribution in [1.29, 1.82) is 0 Å². The Kier molecular flexibility index (Phi) is 5.26. The maximum absolute atomic E-state index is 13.7. The molecule has 4 rings (SSSR count). The predicted octanol–water partition coefficient (Wildman–Crippen LogP) is 4.50. The number of carbonyl (C=O) groups excluding carboxylic acids is 2. The smallest absolute Gasteiger partial charge is 0.259 e. The lowest BCUT2D eigenvalue weighted by molar-refractivity contribution is -0.116. The maximum Gasteiger partial charge on any atom is 0.259 e. The van der Waals surface area contributed by atoms with Gasteiger partial charge in [0.2, 0.25) is 5.91 Å². The molecule has 0 atom stereocenters. The number of aromatic nitrogens is 1. The number of nitrogens with one attached hydrogen (secondary N) is 1. The minimum absolute atomic E-state index is 0.0647. The second-order valence-corrected chi connectivity index (χ2v) is 7.34. The summed E-state index contributed by atoms with van der Waals surface area (Å²) in [5, 5.41) is 3.01. The summed E-state index contributed by atoms with van der Waals surface area (Å²) in [5.74, 6) is -2.16. The zero-order chi connectivity index (χ0) is 20.4. The summed E-state index contributed by atoms with van der Waals surface area (Å²) in [5.41, 5.74) is 0.885. The molecule has 3 aromatic rings. The fourth-order valence-electron chi connectivity index (χ4n) is 3.00. The summed E-state index contributed by atoms with van der Waals surface area (Å²) in [6, 6.07) is 13.5. The largest absolute Gasteiger partial charge is 0.323 e. The van der Waals surface area contributed by atoms with Crippen molar-refractivity contribution < 1.29 is 18.4 Å². The quantitative estimate of drug-likeness (QED) is 0.687. The number of halogens is 2. The molecule has 2 heterocycles. The van der Waals surface area contributed by atoms with Crippen molar-refractivity contribution in [2.45, 2.75) is 16.3 Å². The van der Waals surface area contributed by atoms with E-state index in [-0.39, 0.29) is 24.6 Å². The number of hydrogen-bond donors (Lipinski definition) is 1. The van der Waals surface area contributed by atoms with Crippen LogP contribution in [0.2, 0.25) is 0 Å². The maximum atomic E-state index is 13.7. The molecule has 29 heavy (non-hydrogen) atoms. The van der Waals surface area contributed by atoms with Gasteiger partial charge in [0, 0.05) is 30.1 Å². The zero-order valence-corrected chi connectivity index (χ0v) is 15.9. The Hall–Kier alpha value is -3.26. The van der Waals surface area contributed by atoms with Gasteiger partial charge in [-0.15, -0.1) is 0 Å². The first-order valence-electron chi connectivity index (χ1n) is 8.81. The highest BCUT2D eigenvalue weighted by Crippen LogP contribution is 2.39. The van der Waals surface area contributed by atoms with Gasteiger partial charge in [0.1, 0.15) is 16.7 Å². The van der Waals surface area contributed by atoms with Gasteiger partial charge in [-0.2, -0.15) is 0 Å². The third-order valence-electron chi connectivity index (χ3n) is 4.38. The molecule has 2 aromatic carbocycles. The number of nitrogens with zero attached hydrogens (tertiary/aromatic N) is 2. The summed E-state index contributed by atoms with van der Waals surface area (Å²) in [4.78, 5) is 32.1. The second kappa shape index (κ2) is 8.00. The van der Waals surface area contributed by atoms with Gasteiger partial charge in [0.25, 0.3) is 5.91 Å². The van der Waals surface area contributed by atoms with E-state index < -0.39 is 17.5 Å². The molecule has 1 aliphatic heterocycles. The Morgan fingerprint density at radius 1 is 1.10 bits per heavy atom. The molecule has 2 amide bonds. The normalized spacial score (nSPS) is 12.8. The Bertz CT molecular complexity index is 1110. The van der Waals surface area contributed by atoms with Crippen molar-refractivity contribution in [2.75, 3.05) is 16.8 Å².